The number of nitrogens with two attached hydrogens (primary N) is 1. The van der Waals surface area contributed by atoms with Gasteiger partial charge in [0.05, 0.1) is 5.69 Å². The molecule has 0 fully saturated rings. The van der Waals surface area contributed by atoms with Crippen LogP contribution in [0.3, 0.4) is 0 Å². The summed E-state index contributed by atoms with van der Waals surface area (Å²) in [7, 11) is 2.06. The minimum Gasteiger partial charge on any atom is -0.399 e. The number of aromatic nitrogens is 1. The summed E-state index contributed by atoms with van der Waals surface area (Å²) in [6.45, 7) is 15.1. The lowest BCUT2D eigenvalue weighted by atomic mass is 10.1. The van der Waals surface area contributed by atoms with E-state index >= 15 is 0 Å². The average Bonchev–Trinajstić information content (AvgIpc) is 2.65. The van der Waals surface area contributed by atoms with Gasteiger partial charge in [-0.3, -0.25) is 4.99 Å². The molecular formula is C25H34N3+. The zero-order chi connectivity index (χ0) is 21.7. The fraction of sp³-hybridized carbons (Fsp3) is 0.280. The van der Waals surface area contributed by atoms with Crippen molar-refractivity contribution in [2.45, 2.75) is 41.5 Å². The Bertz CT molecular complexity index is 972. The maximum atomic E-state index is 5.88. The number of aliphatic imine (C=N–C) groups is 1. The van der Waals surface area contributed by atoms with Crippen LogP contribution in [0, 0.1) is 12.3 Å². The highest BCUT2D eigenvalue weighted by atomic mass is 14.9. The highest BCUT2D eigenvalue weighted by Crippen LogP contribution is 2.23. The molecule has 2 aromatic carbocycles. The number of hydrogen-bond acceptors (Lipinski definition) is 2. The molecule has 28 heavy (non-hydrogen) atoms. The molecule has 0 saturated heterocycles. The smallest absolute Gasteiger partial charge is 0.214 e. The molecule has 0 saturated carbocycles. The van der Waals surface area contributed by atoms with Gasteiger partial charge in [0.15, 0.2) is 0 Å². The second-order valence-electron chi connectivity index (χ2n) is 6.15. The number of anilines is 1. The third kappa shape index (κ3) is 7.63. The average molecular weight is 377 g/mol. The SMILES string of the molecule is C#CC.C=C(C)C.CC.CC=Nc1ccc2cc3ccc(N)cc3[n+](C)c2c1. The molecule has 0 aliphatic heterocycles. The Hall–Kier alpha value is -3.12. The monoisotopic (exact) mass is 376 g/mol. The van der Waals surface area contributed by atoms with Crippen LogP contribution in [0.15, 0.2) is 59.6 Å². The Morgan fingerprint density at radius 2 is 1.54 bits per heavy atom. The molecule has 1 aromatic heterocycles. The molecule has 0 radical (unpaired) electrons. The molecule has 0 aliphatic carbocycles. The Morgan fingerprint density at radius 1 is 1.07 bits per heavy atom. The molecule has 0 bridgehead atoms. The number of hydrogen-bond donors (Lipinski definition) is 1. The zero-order valence-corrected chi connectivity index (χ0v) is 18.4. The van der Waals surface area contributed by atoms with Crippen LogP contribution in [-0.4, -0.2) is 6.21 Å². The molecule has 0 spiro atoms. The maximum Gasteiger partial charge on any atom is 0.214 e. The molecule has 0 aliphatic rings. The first-order valence-electron chi connectivity index (χ1n) is 9.44. The van der Waals surface area contributed by atoms with Crippen LogP contribution < -0.4 is 10.3 Å². The minimum atomic E-state index is 0.783. The minimum absolute atomic E-state index is 0.783. The van der Waals surface area contributed by atoms with Gasteiger partial charge in [-0.2, -0.15) is 4.57 Å². The van der Waals surface area contributed by atoms with Gasteiger partial charge < -0.3 is 5.73 Å². The van der Waals surface area contributed by atoms with Gasteiger partial charge in [-0.15, -0.1) is 18.9 Å². The first-order valence-corrected chi connectivity index (χ1v) is 9.44. The Kier molecular flexibility index (Phi) is 11.6. The Labute approximate surface area is 170 Å². The van der Waals surface area contributed by atoms with Crippen LogP contribution in [0.2, 0.25) is 0 Å². The first kappa shape index (κ1) is 24.9. The van der Waals surface area contributed by atoms with E-state index in [0.717, 1.165) is 22.4 Å². The van der Waals surface area contributed by atoms with E-state index in [1.165, 1.54) is 16.3 Å². The first-order chi connectivity index (χ1) is 13.3. The van der Waals surface area contributed by atoms with Crippen LogP contribution in [-0.2, 0) is 7.05 Å². The van der Waals surface area contributed by atoms with Crippen LogP contribution in [0.1, 0.15) is 41.5 Å². The number of benzene rings is 2. The van der Waals surface area contributed by atoms with E-state index in [2.05, 4.69) is 59.8 Å². The summed E-state index contributed by atoms with van der Waals surface area (Å²) < 4.78 is 2.16. The third-order valence-electron chi connectivity index (χ3n) is 3.38. The zero-order valence-electron chi connectivity index (χ0n) is 18.4. The lowest BCUT2D eigenvalue weighted by Gasteiger charge is -2.03. The van der Waals surface area contributed by atoms with Crippen molar-refractivity contribution in [1.29, 1.82) is 0 Å². The molecule has 3 rings (SSSR count). The highest BCUT2D eigenvalue weighted by molar-refractivity contribution is 5.91. The molecule has 3 aromatic rings. The number of terminal acetylenes is 1. The van der Waals surface area contributed by atoms with Gasteiger partial charge in [-0.05, 0) is 58.0 Å². The number of allylic oxidation sites excluding steroid dienone is 1. The van der Waals surface area contributed by atoms with E-state index in [0.29, 0.717) is 0 Å². The van der Waals surface area contributed by atoms with Crippen LogP contribution in [0.5, 0.6) is 0 Å². The van der Waals surface area contributed by atoms with E-state index in [4.69, 9.17) is 5.73 Å². The van der Waals surface area contributed by atoms with Gasteiger partial charge in [0, 0.05) is 34.8 Å². The van der Waals surface area contributed by atoms with Gasteiger partial charge in [0.25, 0.3) is 0 Å². The van der Waals surface area contributed by atoms with Crippen molar-refractivity contribution < 1.29 is 4.57 Å². The summed E-state index contributed by atoms with van der Waals surface area (Å²) in [6, 6.07) is 14.4. The fourth-order valence-corrected chi connectivity index (χ4v) is 2.44. The topological polar surface area (TPSA) is 42.3 Å². The number of pyridine rings is 1. The van der Waals surface area contributed by atoms with Crippen LogP contribution >= 0.6 is 0 Å². The molecule has 0 unspecified atom stereocenters. The fourth-order valence-electron chi connectivity index (χ4n) is 2.44. The van der Waals surface area contributed by atoms with Crippen molar-refractivity contribution in [3.05, 3.63) is 54.6 Å². The molecule has 3 nitrogen and oxygen atoms in total. The van der Waals surface area contributed by atoms with E-state index in [1.807, 2.05) is 52.8 Å². The summed E-state index contributed by atoms with van der Waals surface area (Å²) in [5.41, 5.74) is 11.1. The normalized spacial score (nSPS) is 9.36. The number of rotatable bonds is 1. The van der Waals surface area contributed by atoms with E-state index < -0.39 is 0 Å². The standard InChI is InChI=1S/C16H15N3.C4H8.C3H4.C2H6/c1-3-18-14-7-5-12-8-11-4-6-13(17)9-15(11)19(2)16(12)10-14;1-4(2)3;1-3-2;1-2/h3-10,17H,1-2H3;1H2,2-3H3;1H,2H3;1-2H3/p+1. The molecule has 0 atom stereocenters. The lowest BCUT2D eigenvalue weighted by Crippen LogP contribution is -2.30. The number of aryl methyl sites for hydroxylation is 1. The second kappa shape index (κ2) is 13.1. The summed E-state index contributed by atoms with van der Waals surface area (Å²) in [5, 5.41) is 2.39. The molecule has 0 amide bonds. The van der Waals surface area contributed by atoms with Crippen LogP contribution in [0.4, 0.5) is 11.4 Å². The number of nitrogen functional groups attached to an aromatic ring is 1. The largest absolute Gasteiger partial charge is 0.399 e. The predicted molar refractivity (Wildman–Crippen MR) is 127 cm³/mol. The Morgan fingerprint density at radius 3 is 2.04 bits per heavy atom. The third-order valence-corrected chi connectivity index (χ3v) is 3.38. The van der Waals surface area contributed by atoms with Gasteiger partial charge >= 0.3 is 0 Å². The lowest BCUT2D eigenvalue weighted by molar-refractivity contribution is -0.617. The summed E-state index contributed by atoms with van der Waals surface area (Å²) in [6.07, 6.45) is 6.40. The Balaban J connectivity index is 0.000000696. The molecule has 2 N–H and O–H groups in total. The summed E-state index contributed by atoms with van der Waals surface area (Å²) >= 11 is 0. The van der Waals surface area contributed by atoms with Gasteiger partial charge in [0.2, 0.25) is 11.0 Å². The molecule has 3 heteroatoms. The quantitative estimate of drug-likeness (QED) is 0.132. The van der Waals surface area contributed by atoms with Crippen molar-refractivity contribution >= 4 is 39.4 Å². The number of nitrogens with zero attached hydrogens (tertiary/aromatic N) is 2. The maximum absolute atomic E-state index is 5.88. The van der Waals surface area contributed by atoms with Gasteiger partial charge in [-0.25, -0.2) is 0 Å². The van der Waals surface area contributed by atoms with Crippen molar-refractivity contribution in [3.8, 4) is 12.3 Å². The van der Waals surface area contributed by atoms with Gasteiger partial charge in [-0.1, -0.05) is 19.4 Å². The van der Waals surface area contributed by atoms with Crippen molar-refractivity contribution in [3.63, 3.8) is 0 Å². The number of fused-ring (bicyclic) bond motifs is 2. The second-order valence-corrected chi connectivity index (χ2v) is 6.15. The summed E-state index contributed by atoms with van der Waals surface area (Å²) in [5.74, 6) is 2.25. The molecule has 1 heterocycles. The molecule has 148 valence electrons. The van der Waals surface area contributed by atoms with Crippen molar-refractivity contribution in [1.82, 2.24) is 0 Å². The molecular weight excluding hydrogens is 342 g/mol. The van der Waals surface area contributed by atoms with Crippen LogP contribution in [0.25, 0.3) is 21.8 Å². The van der Waals surface area contributed by atoms with Gasteiger partial charge in [0.1, 0.15) is 7.05 Å². The summed E-state index contributed by atoms with van der Waals surface area (Å²) in [4.78, 5) is 4.33. The van der Waals surface area contributed by atoms with Crippen molar-refractivity contribution in [2.24, 2.45) is 12.0 Å². The predicted octanol–water partition coefficient (Wildman–Crippen LogP) is 6.37. The van der Waals surface area contributed by atoms with E-state index in [9.17, 15) is 0 Å². The highest BCUT2D eigenvalue weighted by Gasteiger charge is 2.12. The van der Waals surface area contributed by atoms with Crippen molar-refractivity contribution in [2.75, 3.05) is 5.73 Å². The van der Waals surface area contributed by atoms with E-state index in [1.54, 1.807) is 13.1 Å². The van der Waals surface area contributed by atoms with E-state index in [-0.39, 0.29) is 0 Å².